The first kappa shape index (κ1) is 7.84. The molecule has 0 heterocycles. The van der Waals surface area contributed by atoms with Crippen LogP contribution in [0.5, 0.6) is 0 Å². The first-order chi connectivity index (χ1) is 5.96. The van der Waals surface area contributed by atoms with E-state index in [1.807, 2.05) is 6.92 Å². The molecule has 0 aliphatic heterocycles. The highest BCUT2D eigenvalue weighted by Crippen LogP contribution is 2.91. The topological polar surface area (TPSA) is 37.3 Å². The fourth-order valence-electron chi connectivity index (χ4n) is 3.77. The summed E-state index contributed by atoms with van der Waals surface area (Å²) >= 11 is 0. The Labute approximate surface area is 78.3 Å². The van der Waals surface area contributed by atoms with Gasteiger partial charge in [0.05, 0.1) is 5.41 Å². The summed E-state index contributed by atoms with van der Waals surface area (Å²) in [4.78, 5) is 11.1. The van der Waals surface area contributed by atoms with Crippen molar-refractivity contribution >= 4 is 5.97 Å². The zero-order valence-corrected chi connectivity index (χ0v) is 8.26. The summed E-state index contributed by atoms with van der Waals surface area (Å²) in [5.41, 5.74) is 0.247. The predicted octanol–water partition coefficient (Wildman–Crippen LogP) is 2.29. The van der Waals surface area contributed by atoms with Crippen molar-refractivity contribution in [3.63, 3.8) is 0 Å². The highest BCUT2D eigenvalue weighted by atomic mass is 16.4. The standard InChI is InChI=1S/C11H16O2/c1-9(7-3-4-7)5-11(9)6-10(11,2)8(12)13/h7H,3-6H2,1-2H3,(H,12,13)/t9-,10-,11+/m1/s1. The summed E-state index contributed by atoms with van der Waals surface area (Å²) in [6.07, 6.45) is 4.79. The van der Waals surface area contributed by atoms with Gasteiger partial charge in [-0.25, -0.2) is 0 Å². The molecule has 3 rings (SSSR count). The summed E-state index contributed by atoms with van der Waals surface area (Å²) in [7, 11) is 0. The lowest BCUT2D eigenvalue weighted by Gasteiger charge is -2.11. The van der Waals surface area contributed by atoms with Crippen LogP contribution in [0.2, 0.25) is 0 Å². The SMILES string of the molecule is C[C@]1(C(=O)O)C[C@]12C[C@]2(C)C1CC1. The molecule has 72 valence electrons. The second kappa shape index (κ2) is 1.67. The predicted molar refractivity (Wildman–Crippen MR) is 48.2 cm³/mol. The zero-order valence-electron chi connectivity index (χ0n) is 8.26. The number of hydrogen-bond acceptors (Lipinski definition) is 1. The molecule has 3 saturated carbocycles. The van der Waals surface area contributed by atoms with Crippen LogP contribution < -0.4 is 0 Å². The second-order valence-electron chi connectivity index (χ2n) is 5.76. The third kappa shape index (κ3) is 0.628. The van der Waals surface area contributed by atoms with Crippen molar-refractivity contribution in [2.75, 3.05) is 0 Å². The van der Waals surface area contributed by atoms with Crippen LogP contribution in [0.15, 0.2) is 0 Å². The molecule has 3 fully saturated rings. The van der Waals surface area contributed by atoms with Gasteiger partial charge in [0.1, 0.15) is 0 Å². The number of carbonyl (C=O) groups is 1. The highest BCUT2D eigenvalue weighted by Gasteiger charge is 2.88. The van der Waals surface area contributed by atoms with Gasteiger partial charge < -0.3 is 5.11 Å². The monoisotopic (exact) mass is 180 g/mol. The Morgan fingerprint density at radius 2 is 1.92 bits per heavy atom. The maximum absolute atomic E-state index is 11.1. The van der Waals surface area contributed by atoms with E-state index in [2.05, 4.69) is 6.92 Å². The van der Waals surface area contributed by atoms with Gasteiger partial charge in [0.2, 0.25) is 0 Å². The minimum Gasteiger partial charge on any atom is -0.481 e. The Bertz CT molecular complexity index is 307. The summed E-state index contributed by atoms with van der Waals surface area (Å²) in [6, 6.07) is 0. The van der Waals surface area contributed by atoms with Gasteiger partial charge in [0.15, 0.2) is 0 Å². The highest BCUT2D eigenvalue weighted by molar-refractivity contribution is 5.81. The molecule has 0 radical (unpaired) electrons. The van der Waals surface area contributed by atoms with Gasteiger partial charge in [-0.1, -0.05) is 6.92 Å². The molecular weight excluding hydrogens is 164 g/mol. The lowest BCUT2D eigenvalue weighted by Crippen LogP contribution is -2.16. The minimum absolute atomic E-state index is 0.215. The normalized spacial score (nSPS) is 58.0. The number of carboxylic acids is 1. The van der Waals surface area contributed by atoms with E-state index in [1.54, 1.807) is 0 Å². The zero-order chi connectivity index (χ0) is 9.48. The molecule has 1 spiro atoms. The summed E-state index contributed by atoms with van der Waals surface area (Å²) in [5.74, 6) is 0.283. The second-order valence-corrected chi connectivity index (χ2v) is 5.76. The molecule has 0 aromatic rings. The van der Waals surface area contributed by atoms with Crippen molar-refractivity contribution in [1.29, 1.82) is 0 Å². The van der Waals surface area contributed by atoms with E-state index in [9.17, 15) is 4.79 Å². The van der Waals surface area contributed by atoms with Crippen LogP contribution >= 0.6 is 0 Å². The molecule has 0 aromatic carbocycles. The number of carboxylic acid groups (broad SMARTS) is 1. The molecular formula is C11H16O2. The van der Waals surface area contributed by atoms with Crippen molar-refractivity contribution in [1.82, 2.24) is 0 Å². The van der Waals surface area contributed by atoms with E-state index in [4.69, 9.17) is 5.11 Å². The van der Waals surface area contributed by atoms with E-state index in [-0.39, 0.29) is 10.8 Å². The summed E-state index contributed by atoms with van der Waals surface area (Å²) in [6.45, 7) is 4.24. The molecule has 13 heavy (non-hydrogen) atoms. The van der Waals surface area contributed by atoms with E-state index >= 15 is 0 Å². The van der Waals surface area contributed by atoms with Gasteiger partial charge in [-0.2, -0.15) is 0 Å². The van der Waals surface area contributed by atoms with Crippen molar-refractivity contribution in [2.24, 2.45) is 22.2 Å². The number of aliphatic carboxylic acids is 1. The third-order valence-electron chi connectivity index (χ3n) is 5.17. The average Bonchev–Trinajstić information content (AvgIpc) is 2.78. The smallest absolute Gasteiger partial charge is 0.309 e. The van der Waals surface area contributed by atoms with Gasteiger partial charge in [-0.15, -0.1) is 0 Å². The quantitative estimate of drug-likeness (QED) is 0.708. The van der Waals surface area contributed by atoms with Crippen LogP contribution in [0, 0.1) is 22.2 Å². The average molecular weight is 180 g/mol. The molecule has 2 nitrogen and oxygen atoms in total. The van der Waals surface area contributed by atoms with Gasteiger partial charge in [0.25, 0.3) is 0 Å². The van der Waals surface area contributed by atoms with Gasteiger partial charge in [-0.05, 0) is 49.4 Å². The van der Waals surface area contributed by atoms with Crippen molar-refractivity contribution in [3.05, 3.63) is 0 Å². The molecule has 1 N–H and O–H groups in total. The Kier molecular flexibility index (Phi) is 1.00. The number of rotatable bonds is 2. The molecule has 0 saturated heterocycles. The van der Waals surface area contributed by atoms with Crippen molar-refractivity contribution < 1.29 is 9.90 Å². The lowest BCUT2D eigenvalue weighted by molar-refractivity contribution is -0.143. The van der Waals surface area contributed by atoms with E-state index in [0.29, 0.717) is 5.41 Å². The maximum Gasteiger partial charge on any atom is 0.309 e. The third-order valence-corrected chi connectivity index (χ3v) is 5.17. The molecule has 0 aromatic heterocycles. The van der Waals surface area contributed by atoms with Crippen molar-refractivity contribution in [3.8, 4) is 0 Å². The van der Waals surface area contributed by atoms with Gasteiger partial charge in [-0.3, -0.25) is 4.79 Å². The molecule has 3 aliphatic rings. The Morgan fingerprint density at radius 1 is 1.31 bits per heavy atom. The molecule has 0 bridgehead atoms. The van der Waals surface area contributed by atoms with Crippen LogP contribution in [0.3, 0.4) is 0 Å². The molecule has 0 amide bonds. The first-order valence-corrected chi connectivity index (χ1v) is 5.20. The summed E-state index contributed by atoms with van der Waals surface area (Å²) < 4.78 is 0. The Hall–Kier alpha value is -0.530. The van der Waals surface area contributed by atoms with E-state index < -0.39 is 5.97 Å². The first-order valence-electron chi connectivity index (χ1n) is 5.20. The fourth-order valence-corrected chi connectivity index (χ4v) is 3.77. The largest absolute Gasteiger partial charge is 0.481 e. The molecule has 3 atom stereocenters. The van der Waals surface area contributed by atoms with E-state index in [0.717, 1.165) is 12.3 Å². The van der Waals surface area contributed by atoms with Crippen LogP contribution in [0.1, 0.15) is 39.5 Å². The van der Waals surface area contributed by atoms with Crippen LogP contribution in [0.4, 0.5) is 0 Å². The summed E-state index contributed by atoms with van der Waals surface area (Å²) in [5, 5.41) is 9.12. The van der Waals surface area contributed by atoms with Crippen LogP contribution in [-0.2, 0) is 4.79 Å². The van der Waals surface area contributed by atoms with E-state index in [1.165, 1.54) is 19.3 Å². The van der Waals surface area contributed by atoms with Crippen LogP contribution in [0.25, 0.3) is 0 Å². The fraction of sp³-hybridized carbons (Fsp3) is 0.909. The molecule has 2 heteroatoms. The Morgan fingerprint density at radius 3 is 2.31 bits per heavy atom. The lowest BCUT2D eigenvalue weighted by atomic mass is 9.93. The number of hydrogen-bond donors (Lipinski definition) is 1. The molecule has 0 unspecified atom stereocenters. The molecule has 3 aliphatic carbocycles. The maximum atomic E-state index is 11.1. The van der Waals surface area contributed by atoms with Crippen LogP contribution in [-0.4, -0.2) is 11.1 Å². The Balaban J connectivity index is 1.87. The van der Waals surface area contributed by atoms with Gasteiger partial charge in [0, 0.05) is 0 Å². The van der Waals surface area contributed by atoms with Gasteiger partial charge >= 0.3 is 5.97 Å². The minimum atomic E-state index is -0.572. The van der Waals surface area contributed by atoms with Crippen molar-refractivity contribution in [2.45, 2.75) is 39.5 Å².